The average molecular weight is 338 g/mol. The molecule has 2 N–H and O–H groups in total. The van der Waals surface area contributed by atoms with Crippen molar-refractivity contribution in [1.82, 2.24) is 14.5 Å². The second kappa shape index (κ2) is 4.51. The molecule has 0 spiro atoms. The summed E-state index contributed by atoms with van der Waals surface area (Å²) in [6, 6.07) is 7.48. The third-order valence-electron chi connectivity index (χ3n) is 2.92. The monoisotopic (exact) mass is 336 g/mol. The molecule has 0 unspecified atom stereocenters. The lowest BCUT2D eigenvalue weighted by Gasteiger charge is -2.08. The van der Waals surface area contributed by atoms with Gasteiger partial charge in [0.25, 0.3) is 0 Å². The van der Waals surface area contributed by atoms with Gasteiger partial charge in [0, 0.05) is 10.7 Å². The first-order valence-corrected chi connectivity index (χ1v) is 6.80. The number of rotatable bonds is 1. The van der Waals surface area contributed by atoms with Crippen molar-refractivity contribution in [1.29, 1.82) is 0 Å². The lowest BCUT2D eigenvalue weighted by molar-refractivity contribution is 1.08. The molecular formula is C13H10BrClN4. The number of pyridine rings is 1. The Morgan fingerprint density at radius 2 is 2.11 bits per heavy atom. The van der Waals surface area contributed by atoms with Gasteiger partial charge in [-0.1, -0.05) is 27.5 Å². The summed E-state index contributed by atoms with van der Waals surface area (Å²) >= 11 is 9.68. The molecule has 6 heteroatoms. The minimum absolute atomic E-state index is 0.372. The average Bonchev–Trinajstić information content (AvgIpc) is 2.70. The van der Waals surface area contributed by atoms with Crippen molar-refractivity contribution in [2.45, 2.75) is 6.92 Å². The van der Waals surface area contributed by atoms with Crippen LogP contribution in [0.4, 0.5) is 5.95 Å². The molecule has 0 aliphatic carbocycles. The molecule has 3 aromatic rings. The SMILES string of the molecule is Cc1ccnc2c1nc(N)n2-c1cc(Br)ccc1Cl. The molecule has 0 aliphatic rings. The second-order valence-corrected chi connectivity index (χ2v) is 5.52. The highest BCUT2D eigenvalue weighted by Gasteiger charge is 2.15. The number of nitrogens with zero attached hydrogens (tertiary/aromatic N) is 3. The molecule has 0 bridgehead atoms. The van der Waals surface area contributed by atoms with E-state index in [0.29, 0.717) is 16.6 Å². The highest BCUT2D eigenvalue weighted by molar-refractivity contribution is 9.10. The van der Waals surface area contributed by atoms with Crippen molar-refractivity contribution in [3.63, 3.8) is 0 Å². The summed E-state index contributed by atoms with van der Waals surface area (Å²) in [5.41, 5.74) is 9.29. The van der Waals surface area contributed by atoms with Gasteiger partial charge in [-0.3, -0.25) is 4.57 Å². The lowest BCUT2D eigenvalue weighted by atomic mass is 10.2. The summed E-state index contributed by atoms with van der Waals surface area (Å²) in [4.78, 5) is 8.72. The Kier molecular flexibility index (Phi) is 2.95. The molecule has 1 aromatic carbocycles. The van der Waals surface area contributed by atoms with E-state index < -0.39 is 0 Å². The standard InChI is InChI=1S/C13H10BrClN4/c1-7-4-5-17-12-11(7)18-13(16)19(12)10-6-8(14)2-3-9(10)15/h2-6H,1H3,(H2,16,18). The maximum atomic E-state index is 6.25. The fraction of sp³-hybridized carbons (Fsp3) is 0.0769. The molecule has 0 saturated carbocycles. The maximum Gasteiger partial charge on any atom is 0.207 e. The van der Waals surface area contributed by atoms with E-state index in [0.717, 1.165) is 21.2 Å². The van der Waals surface area contributed by atoms with E-state index in [2.05, 4.69) is 25.9 Å². The highest BCUT2D eigenvalue weighted by Crippen LogP contribution is 2.30. The Morgan fingerprint density at radius 3 is 2.89 bits per heavy atom. The summed E-state index contributed by atoms with van der Waals surface area (Å²) in [6.07, 6.45) is 1.74. The molecule has 3 rings (SSSR count). The Balaban J connectivity index is 2.39. The molecule has 0 aliphatic heterocycles. The third-order valence-corrected chi connectivity index (χ3v) is 3.74. The topological polar surface area (TPSA) is 56.7 Å². The number of aromatic nitrogens is 3. The van der Waals surface area contributed by atoms with E-state index in [1.807, 2.05) is 31.2 Å². The van der Waals surface area contributed by atoms with E-state index in [9.17, 15) is 0 Å². The summed E-state index contributed by atoms with van der Waals surface area (Å²) in [5.74, 6) is 0.372. The molecule has 0 atom stereocenters. The molecule has 0 saturated heterocycles. The van der Waals surface area contributed by atoms with Crippen molar-refractivity contribution in [2.24, 2.45) is 0 Å². The van der Waals surface area contributed by atoms with E-state index >= 15 is 0 Å². The first-order chi connectivity index (χ1) is 9.08. The van der Waals surface area contributed by atoms with Crippen LogP contribution in [0.15, 0.2) is 34.9 Å². The van der Waals surface area contributed by atoms with E-state index in [1.54, 1.807) is 10.8 Å². The van der Waals surface area contributed by atoms with Crippen molar-refractivity contribution < 1.29 is 0 Å². The van der Waals surface area contributed by atoms with Crippen LogP contribution >= 0.6 is 27.5 Å². The summed E-state index contributed by atoms with van der Waals surface area (Å²) in [5, 5.41) is 0.595. The van der Waals surface area contributed by atoms with Crippen LogP contribution in [0.1, 0.15) is 5.56 Å². The van der Waals surface area contributed by atoms with Crippen molar-refractivity contribution >= 4 is 44.6 Å². The molecule has 19 heavy (non-hydrogen) atoms. The van der Waals surface area contributed by atoms with Gasteiger partial charge in [0.1, 0.15) is 5.52 Å². The minimum atomic E-state index is 0.372. The fourth-order valence-corrected chi connectivity index (χ4v) is 2.56. The number of benzene rings is 1. The summed E-state index contributed by atoms with van der Waals surface area (Å²) < 4.78 is 2.68. The lowest BCUT2D eigenvalue weighted by Crippen LogP contribution is -2.02. The summed E-state index contributed by atoms with van der Waals surface area (Å²) in [6.45, 7) is 1.98. The predicted molar refractivity (Wildman–Crippen MR) is 80.7 cm³/mol. The number of nitrogen functional groups attached to an aromatic ring is 1. The first kappa shape index (κ1) is 12.4. The van der Waals surface area contributed by atoms with Crippen LogP contribution in [-0.2, 0) is 0 Å². The van der Waals surface area contributed by atoms with Gasteiger partial charge >= 0.3 is 0 Å². The highest BCUT2D eigenvalue weighted by atomic mass is 79.9. The number of anilines is 1. The van der Waals surface area contributed by atoms with Gasteiger partial charge in [-0.25, -0.2) is 9.97 Å². The van der Waals surface area contributed by atoms with Crippen LogP contribution in [0.5, 0.6) is 0 Å². The molecule has 2 heterocycles. The quantitative estimate of drug-likeness (QED) is 0.736. The Labute approximate surface area is 123 Å². The fourth-order valence-electron chi connectivity index (χ4n) is 2.01. The van der Waals surface area contributed by atoms with Gasteiger partial charge < -0.3 is 5.73 Å². The van der Waals surface area contributed by atoms with Crippen LogP contribution in [0.25, 0.3) is 16.9 Å². The largest absolute Gasteiger partial charge is 0.369 e. The number of hydrogen-bond donors (Lipinski definition) is 1. The number of imidazole rings is 1. The van der Waals surface area contributed by atoms with Gasteiger partial charge in [-0.15, -0.1) is 0 Å². The third kappa shape index (κ3) is 1.99. The van der Waals surface area contributed by atoms with Gasteiger partial charge in [-0.2, -0.15) is 0 Å². The number of fused-ring (bicyclic) bond motifs is 1. The normalized spacial score (nSPS) is 11.1. The van der Waals surface area contributed by atoms with Gasteiger partial charge in [-0.05, 0) is 36.8 Å². The zero-order valence-corrected chi connectivity index (χ0v) is 12.4. The maximum absolute atomic E-state index is 6.25. The van der Waals surface area contributed by atoms with Crippen LogP contribution < -0.4 is 5.73 Å². The van der Waals surface area contributed by atoms with Crippen LogP contribution in [0.3, 0.4) is 0 Å². The minimum Gasteiger partial charge on any atom is -0.369 e. The molecule has 96 valence electrons. The van der Waals surface area contributed by atoms with Crippen molar-refractivity contribution in [3.05, 3.63) is 45.5 Å². The second-order valence-electron chi connectivity index (χ2n) is 4.20. The number of nitrogens with two attached hydrogens (primary N) is 1. The zero-order chi connectivity index (χ0) is 13.6. The number of hydrogen-bond acceptors (Lipinski definition) is 3. The van der Waals surface area contributed by atoms with Gasteiger partial charge in [0.2, 0.25) is 5.95 Å². The van der Waals surface area contributed by atoms with E-state index in [-0.39, 0.29) is 0 Å². The van der Waals surface area contributed by atoms with Crippen molar-refractivity contribution in [3.8, 4) is 5.69 Å². The smallest absolute Gasteiger partial charge is 0.207 e. The number of halogens is 2. The van der Waals surface area contributed by atoms with E-state index in [4.69, 9.17) is 17.3 Å². The molecule has 2 aromatic heterocycles. The molecule has 0 radical (unpaired) electrons. The Hall–Kier alpha value is -1.59. The number of aryl methyl sites for hydroxylation is 1. The van der Waals surface area contributed by atoms with Crippen LogP contribution in [-0.4, -0.2) is 14.5 Å². The molecule has 0 amide bonds. The zero-order valence-electron chi connectivity index (χ0n) is 10.1. The first-order valence-electron chi connectivity index (χ1n) is 5.63. The van der Waals surface area contributed by atoms with Crippen LogP contribution in [0.2, 0.25) is 5.02 Å². The van der Waals surface area contributed by atoms with Crippen molar-refractivity contribution in [2.75, 3.05) is 5.73 Å². The molecule has 4 nitrogen and oxygen atoms in total. The van der Waals surface area contributed by atoms with E-state index in [1.165, 1.54) is 0 Å². The predicted octanol–water partition coefficient (Wildman–Crippen LogP) is 3.73. The summed E-state index contributed by atoms with van der Waals surface area (Å²) in [7, 11) is 0. The Morgan fingerprint density at radius 1 is 1.32 bits per heavy atom. The molecular weight excluding hydrogens is 328 g/mol. The molecule has 0 fully saturated rings. The van der Waals surface area contributed by atoms with Crippen LogP contribution in [0, 0.1) is 6.92 Å². The van der Waals surface area contributed by atoms with Gasteiger partial charge in [0.15, 0.2) is 5.65 Å². The van der Waals surface area contributed by atoms with Gasteiger partial charge in [0.05, 0.1) is 10.7 Å². The Bertz CT molecular complexity index is 782.